The number of rotatable bonds is 9. The summed E-state index contributed by atoms with van der Waals surface area (Å²) >= 11 is 1.24. The molecule has 2 aromatic carbocycles. The third-order valence-electron chi connectivity index (χ3n) is 5.44. The number of aliphatic imine (C=N–C) groups is 1. The van der Waals surface area contributed by atoms with E-state index in [0.717, 1.165) is 29.0 Å². The molecule has 10 heteroatoms. The number of amides is 1. The highest BCUT2D eigenvalue weighted by molar-refractivity contribution is 8.27. The number of carbonyl (C=O) groups is 1. The first kappa shape index (κ1) is 24.3. The number of methoxy groups -OCH3 is 1. The Morgan fingerprint density at radius 3 is 2.30 bits per heavy atom. The molecule has 2 aliphatic heterocycles. The largest absolute Gasteiger partial charge is 0.497 e. The van der Waals surface area contributed by atoms with E-state index in [1.165, 1.54) is 16.8 Å². The van der Waals surface area contributed by atoms with Gasteiger partial charge in [0.1, 0.15) is 22.3 Å². The minimum absolute atomic E-state index is 0.0152. The zero-order valence-electron chi connectivity index (χ0n) is 20.0. The number of nitrogens with one attached hydrogen (secondary N) is 1. The molecule has 2 aliphatic rings. The Labute approximate surface area is 218 Å². The van der Waals surface area contributed by atoms with Crippen molar-refractivity contribution >= 4 is 39.8 Å². The van der Waals surface area contributed by atoms with Crippen molar-refractivity contribution in [3.63, 3.8) is 0 Å². The quantitative estimate of drug-likeness (QED) is 0.329. The SMILES string of the molecule is COc1ccc(OCCCOc2ccc(C=C3C(=N)N4N=C(c5cccnc5)SC4=NC3=O)cc2)cc1. The summed E-state index contributed by atoms with van der Waals surface area (Å²) < 4.78 is 16.6. The number of aromatic nitrogens is 1. The summed E-state index contributed by atoms with van der Waals surface area (Å²) in [5.74, 6) is 1.79. The topological polar surface area (TPSA) is 109 Å². The molecule has 186 valence electrons. The lowest BCUT2D eigenvalue weighted by Gasteiger charge is -2.20. The minimum atomic E-state index is -0.469. The van der Waals surface area contributed by atoms with Crippen LogP contribution in [0, 0.1) is 5.41 Å². The molecule has 0 saturated heterocycles. The Bertz CT molecular complexity index is 1390. The highest BCUT2D eigenvalue weighted by atomic mass is 32.2. The Morgan fingerprint density at radius 2 is 1.65 bits per heavy atom. The molecule has 5 rings (SSSR count). The number of pyridine rings is 1. The van der Waals surface area contributed by atoms with Gasteiger partial charge in [-0.25, -0.2) is 0 Å². The van der Waals surface area contributed by atoms with E-state index in [-0.39, 0.29) is 11.4 Å². The average Bonchev–Trinajstić information content (AvgIpc) is 3.37. The van der Waals surface area contributed by atoms with E-state index in [4.69, 9.17) is 19.6 Å². The van der Waals surface area contributed by atoms with E-state index in [1.54, 1.807) is 25.6 Å². The molecule has 0 fully saturated rings. The van der Waals surface area contributed by atoms with Crippen LogP contribution in [0.15, 0.2) is 88.7 Å². The van der Waals surface area contributed by atoms with Crippen LogP contribution in [0.3, 0.4) is 0 Å². The average molecular weight is 514 g/mol. The van der Waals surface area contributed by atoms with Crippen LogP contribution in [0.5, 0.6) is 17.2 Å². The van der Waals surface area contributed by atoms with Gasteiger partial charge in [0.15, 0.2) is 5.84 Å². The summed E-state index contributed by atoms with van der Waals surface area (Å²) in [5.41, 5.74) is 1.73. The van der Waals surface area contributed by atoms with Crippen molar-refractivity contribution in [3.05, 3.63) is 89.8 Å². The number of hydrogen-bond acceptors (Lipinski definition) is 8. The molecule has 0 spiro atoms. The van der Waals surface area contributed by atoms with Crippen molar-refractivity contribution in [2.45, 2.75) is 6.42 Å². The smallest absolute Gasteiger partial charge is 0.283 e. The van der Waals surface area contributed by atoms with Crippen molar-refractivity contribution in [1.82, 2.24) is 9.99 Å². The van der Waals surface area contributed by atoms with Crippen LogP contribution in [-0.4, -0.2) is 52.3 Å². The van der Waals surface area contributed by atoms with Crippen molar-refractivity contribution < 1.29 is 19.0 Å². The molecule has 0 radical (unpaired) electrons. The fourth-order valence-corrected chi connectivity index (χ4v) is 4.42. The summed E-state index contributed by atoms with van der Waals surface area (Å²) in [7, 11) is 1.63. The van der Waals surface area contributed by atoms with Crippen LogP contribution in [0.2, 0.25) is 0 Å². The molecular weight excluding hydrogens is 490 g/mol. The van der Waals surface area contributed by atoms with Crippen molar-refractivity contribution in [3.8, 4) is 17.2 Å². The van der Waals surface area contributed by atoms with Gasteiger partial charge in [-0.1, -0.05) is 12.1 Å². The monoisotopic (exact) mass is 513 g/mol. The summed E-state index contributed by atoms with van der Waals surface area (Å²) in [6.45, 7) is 1.03. The van der Waals surface area contributed by atoms with E-state index in [2.05, 4.69) is 15.1 Å². The number of carbonyl (C=O) groups excluding carboxylic acids is 1. The Balaban J connectivity index is 1.16. The van der Waals surface area contributed by atoms with Crippen LogP contribution in [0.1, 0.15) is 17.5 Å². The summed E-state index contributed by atoms with van der Waals surface area (Å²) in [6, 6.07) is 18.4. The number of ether oxygens (including phenoxy) is 3. The standard InChI is InChI=1S/C27H23N5O4S/c1-34-20-9-11-22(12-10-20)36-15-3-14-35-21-7-5-18(6-8-21)16-23-24(28)32-27(30-25(23)33)37-26(31-32)19-4-2-13-29-17-19/h2,4-13,16-17,28H,3,14-15H2,1H3. The third kappa shape index (κ3) is 5.70. The van der Waals surface area contributed by atoms with E-state index in [9.17, 15) is 4.79 Å². The van der Waals surface area contributed by atoms with Crippen molar-refractivity contribution in [2.75, 3.05) is 20.3 Å². The van der Waals surface area contributed by atoms with Crippen LogP contribution in [0.4, 0.5) is 0 Å². The van der Waals surface area contributed by atoms with Crippen LogP contribution < -0.4 is 14.2 Å². The fraction of sp³-hybridized carbons (Fsp3) is 0.148. The second kappa shape index (κ2) is 11.1. The van der Waals surface area contributed by atoms with Gasteiger partial charge in [-0.15, -0.1) is 0 Å². The van der Waals surface area contributed by atoms with Gasteiger partial charge >= 0.3 is 0 Å². The number of hydrazone groups is 1. The molecule has 0 atom stereocenters. The van der Waals surface area contributed by atoms with Crippen LogP contribution >= 0.6 is 11.8 Å². The van der Waals surface area contributed by atoms with Crippen molar-refractivity contribution in [2.24, 2.45) is 10.1 Å². The molecule has 3 aromatic rings. The molecule has 9 nitrogen and oxygen atoms in total. The molecule has 0 unspecified atom stereocenters. The van der Waals surface area contributed by atoms with E-state index >= 15 is 0 Å². The van der Waals surface area contributed by atoms with Gasteiger partial charge < -0.3 is 14.2 Å². The second-order valence-corrected chi connectivity index (χ2v) is 8.92. The second-order valence-electron chi connectivity index (χ2n) is 7.96. The number of amidine groups is 2. The zero-order valence-corrected chi connectivity index (χ0v) is 20.8. The number of hydrogen-bond donors (Lipinski definition) is 1. The van der Waals surface area contributed by atoms with Gasteiger partial charge in [-0.2, -0.15) is 15.1 Å². The van der Waals surface area contributed by atoms with Gasteiger partial charge in [0, 0.05) is 24.4 Å². The van der Waals surface area contributed by atoms with E-state index < -0.39 is 5.91 Å². The molecule has 0 bridgehead atoms. The lowest BCUT2D eigenvalue weighted by molar-refractivity contribution is -0.114. The maximum Gasteiger partial charge on any atom is 0.283 e. The maximum absolute atomic E-state index is 12.7. The highest BCUT2D eigenvalue weighted by Gasteiger charge is 2.36. The molecule has 1 amide bonds. The van der Waals surface area contributed by atoms with E-state index in [0.29, 0.717) is 29.2 Å². The molecule has 1 aromatic heterocycles. The van der Waals surface area contributed by atoms with Gasteiger partial charge in [0.25, 0.3) is 5.91 Å². The highest BCUT2D eigenvalue weighted by Crippen LogP contribution is 2.30. The molecule has 3 heterocycles. The first-order valence-corrected chi connectivity index (χ1v) is 12.3. The predicted octanol–water partition coefficient (Wildman–Crippen LogP) is 4.61. The van der Waals surface area contributed by atoms with Gasteiger partial charge in [-0.3, -0.25) is 15.2 Å². The number of fused-ring (bicyclic) bond motifs is 1. The number of thioether (sulfide) groups is 1. The number of nitrogens with zero attached hydrogens (tertiary/aromatic N) is 4. The summed E-state index contributed by atoms with van der Waals surface area (Å²) in [4.78, 5) is 20.9. The Kier molecular flexibility index (Phi) is 7.27. The summed E-state index contributed by atoms with van der Waals surface area (Å²) in [6.07, 6.45) is 5.72. The molecular formula is C27H23N5O4S. The predicted molar refractivity (Wildman–Crippen MR) is 143 cm³/mol. The van der Waals surface area contributed by atoms with Crippen LogP contribution in [-0.2, 0) is 4.79 Å². The van der Waals surface area contributed by atoms with E-state index in [1.807, 2.05) is 60.7 Å². The lowest BCUT2D eigenvalue weighted by Crippen LogP contribution is -2.35. The van der Waals surface area contributed by atoms with Gasteiger partial charge in [0.05, 0.1) is 25.9 Å². The number of benzene rings is 2. The first-order chi connectivity index (χ1) is 18.1. The molecule has 0 saturated carbocycles. The lowest BCUT2D eigenvalue weighted by atomic mass is 10.1. The molecule has 0 aliphatic carbocycles. The molecule has 1 N–H and O–H groups in total. The molecule has 37 heavy (non-hydrogen) atoms. The Morgan fingerprint density at radius 1 is 0.973 bits per heavy atom. The zero-order chi connectivity index (χ0) is 25.6. The third-order valence-corrected chi connectivity index (χ3v) is 6.40. The maximum atomic E-state index is 12.7. The first-order valence-electron chi connectivity index (χ1n) is 11.5. The Hall–Kier alpha value is -4.44. The summed E-state index contributed by atoms with van der Waals surface area (Å²) in [5, 5.41) is 15.4. The van der Waals surface area contributed by atoms with Crippen LogP contribution in [0.25, 0.3) is 6.08 Å². The normalized spacial score (nSPS) is 15.8. The fourth-order valence-electron chi connectivity index (χ4n) is 3.54. The van der Waals surface area contributed by atoms with Crippen molar-refractivity contribution in [1.29, 1.82) is 5.41 Å². The van der Waals surface area contributed by atoms with Gasteiger partial charge in [0.2, 0.25) is 5.17 Å². The minimum Gasteiger partial charge on any atom is -0.497 e. The van der Waals surface area contributed by atoms with Gasteiger partial charge in [-0.05, 0) is 71.9 Å².